The topological polar surface area (TPSA) is 49.4 Å². The molecule has 1 aliphatic heterocycles. The molecule has 0 aromatic carbocycles. The smallest absolute Gasteiger partial charge is 0.252 e. The molecule has 1 aromatic rings. The van der Waals surface area contributed by atoms with E-state index in [9.17, 15) is 8.42 Å². The minimum Gasteiger partial charge on any atom is -0.311 e. The van der Waals surface area contributed by atoms with E-state index in [4.69, 9.17) is 0 Å². The molecule has 0 amide bonds. The first-order valence-corrected chi connectivity index (χ1v) is 9.54. The maximum atomic E-state index is 12.7. The van der Waals surface area contributed by atoms with Crippen LogP contribution < -0.4 is 5.32 Å². The maximum Gasteiger partial charge on any atom is 0.252 e. The van der Waals surface area contributed by atoms with E-state index in [0.717, 1.165) is 23.2 Å². The number of nitrogens with zero attached hydrogens (tertiary/aromatic N) is 1. The highest BCUT2D eigenvalue weighted by Crippen LogP contribution is 2.30. The second-order valence-electron chi connectivity index (χ2n) is 4.71. The predicted molar refractivity (Wildman–Crippen MR) is 82.1 cm³/mol. The van der Waals surface area contributed by atoms with Crippen molar-refractivity contribution in [2.24, 2.45) is 0 Å². The molecule has 0 saturated carbocycles. The second kappa shape index (κ2) is 6.22. The molecule has 1 N–H and O–H groups in total. The van der Waals surface area contributed by atoms with Gasteiger partial charge in [0.1, 0.15) is 4.21 Å². The third kappa shape index (κ3) is 3.21. The van der Waals surface area contributed by atoms with Crippen molar-refractivity contribution in [3.05, 3.63) is 15.9 Å². The summed E-state index contributed by atoms with van der Waals surface area (Å²) >= 11 is 4.61. The van der Waals surface area contributed by atoms with E-state index in [1.54, 1.807) is 16.4 Å². The van der Waals surface area contributed by atoms with E-state index in [1.165, 1.54) is 11.3 Å². The van der Waals surface area contributed by atoms with E-state index in [2.05, 4.69) is 28.2 Å². The molecule has 1 fully saturated rings. The lowest BCUT2D eigenvalue weighted by molar-refractivity contribution is 0.216. The second-order valence-corrected chi connectivity index (χ2v) is 9.29. The van der Waals surface area contributed by atoms with Gasteiger partial charge >= 0.3 is 0 Å². The van der Waals surface area contributed by atoms with Crippen LogP contribution in [0.5, 0.6) is 0 Å². The van der Waals surface area contributed by atoms with Crippen LogP contribution in [0.2, 0.25) is 0 Å². The van der Waals surface area contributed by atoms with Gasteiger partial charge in [0, 0.05) is 25.2 Å². The van der Waals surface area contributed by atoms with Gasteiger partial charge in [-0.05, 0) is 40.9 Å². The Hall–Kier alpha value is 0.0500. The zero-order chi connectivity index (χ0) is 14.0. The Morgan fingerprint density at radius 2 is 2.16 bits per heavy atom. The number of nitrogens with one attached hydrogen (secondary N) is 1. The number of piperazine rings is 1. The molecule has 2 heterocycles. The molecule has 0 radical (unpaired) electrons. The first kappa shape index (κ1) is 15.4. The molecule has 1 aromatic heterocycles. The summed E-state index contributed by atoms with van der Waals surface area (Å²) in [7, 11) is -3.36. The van der Waals surface area contributed by atoms with E-state index in [0.29, 0.717) is 10.8 Å². The molecule has 2 rings (SSSR count). The summed E-state index contributed by atoms with van der Waals surface area (Å²) in [6, 6.07) is 3.77. The zero-order valence-electron chi connectivity index (χ0n) is 11.1. The van der Waals surface area contributed by atoms with E-state index in [1.807, 2.05) is 6.92 Å². The Balaban J connectivity index is 2.30. The summed E-state index contributed by atoms with van der Waals surface area (Å²) in [5.74, 6) is 0. The van der Waals surface area contributed by atoms with Gasteiger partial charge in [-0.2, -0.15) is 4.31 Å². The Kier molecular flexibility index (Phi) is 5.05. The van der Waals surface area contributed by atoms with Crippen molar-refractivity contribution in [2.45, 2.75) is 43.0 Å². The monoisotopic (exact) mass is 366 g/mol. The lowest BCUT2D eigenvalue weighted by Gasteiger charge is -2.38. The van der Waals surface area contributed by atoms with Crippen LogP contribution in [0.1, 0.15) is 26.7 Å². The van der Waals surface area contributed by atoms with Crippen LogP contribution in [-0.4, -0.2) is 37.9 Å². The molecule has 0 spiro atoms. The highest BCUT2D eigenvalue weighted by atomic mass is 79.9. The lowest BCUT2D eigenvalue weighted by Crippen LogP contribution is -2.57. The summed E-state index contributed by atoms with van der Waals surface area (Å²) in [6.45, 7) is 5.41. The zero-order valence-corrected chi connectivity index (χ0v) is 14.3. The third-order valence-electron chi connectivity index (χ3n) is 3.53. The van der Waals surface area contributed by atoms with Crippen molar-refractivity contribution in [3.63, 3.8) is 0 Å². The van der Waals surface area contributed by atoms with Crippen LogP contribution in [0, 0.1) is 0 Å². The van der Waals surface area contributed by atoms with Crippen molar-refractivity contribution >= 4 is 37.3 Å². The van der Waals surface area contributed by atoms with Crippen LogP contribution >= 0.6 is 27.3 Å². The molecule has 2 atom stereocenters. The van der Waals surface area contributed by atoms with E-state index < -0.39 is 10.0 Å². The van der Waals surface area contributed by atoms with E-state index in [-0.39, 0.29) is 12.1 Å². The number of sulfonamides is 1. The predicted octanol–water partition coefficient (Wildman–Crippen LogP) is 2.66. The van der Waals surface area contributed by atoms with Crippen molar-refractivity contribution in [2.75, 3.05) is 13.1 Å². The number of rotatable bonds is 4. The van der Waals surface area contributed by atoms with Gasteiger partial charge in [0.2, 0.25) is 0 Å². The SMILES string of the molecule is CCC1CN(S(=O)(=O)c2ccc(Br)s2)C(CC)CN1. The molecular formula is C12H19BrN2O2S2. The molecule has 0 bridgehead atoms. The average Bonchev–Trinajstić information content (AvgIpc) is 2.85. The Labute approximate surface area is 127 Å². The number of hydrogen-bond donors (Lipinski definition) is 1. The normalized spacial score (nSPS) is 25.6. The summed E-state index contributed by atoms with van der Waals surface area (Å²) < 4.78 is 28.4. The van der Waals surface area contributed by atoms with Gasteiger partial charge in [-0.3, -0.25) is 0 Å². The number of thiophene rings is 1. The minimum atomic E-state index is -3.36. The maximum absolute atomic E-state index is 12.7. The highest BCUT2D eigenvalue weighted by Gasteiger charge is 2.36. The minimum absolute atomic E-state index is 0.0497. The van der Waals surface area contributed by atoms with Gasteiger partial charge in [0.15, 0.2) is 0 Å². The first-order valence-electron chi connectivity index (χ1n) is 6.49. The molecule has 19 heavy (non-hydrogen) atoms. The van der Waals surface area contributed by atoms with Gasteiger partial charge in [-0.25, -0.2) is 8.42 Å². The molecular weight excluding hydrogens is 348 g/mol. The Morgan fingerprint density at radius 1 is 1.42 bits per heavy atom. The summed E-state index contributed by atoms with van der Waals surface area (Å²) in [5.41, 5.74) is 0. The fourth-order valence-electron chi connectivity index (χ4n) is 2.30. The summed E-state index contributed by atoms with van der Waals surface area (Å²) in [6.07, 6.45) is 1.77. The standard InChI is InChI=1S/C12H19BrN2O2S2/c1-3-9-8-15(10(4-2)7-14-9)19(16,17)12-6-5-11(13)18-12/h5-6,9-10,14H,3-4,7-8H2,1-2H3. The van der Waals surface area contributed by atoms with E-state index >= 15 is 0 Å². The first-order chi connectivity index (χ1) is 8.98. The van der Waals surface area contributed by atoms with Gasteiger partial charge in [0.05, 0.1) is 3.79 Å². The molecule has 0 aliphatic carbocycles. The number of halogens is 1. The van der Waals surface area contributed by atoms with Gasteiger partial charge in [0.25, 0.3) is 10.0 Å². The summed E-state index contributed by atoms with van der Waals surface area (Å²) in [4.78, 5) is 0. The van der Waals surface area contributed by atoms with Crippen LogP contribution in [0.25, 0.3) is 0 Å². The van der Waals surface area contributed by atoms with Crippen molar-refractivity contribution < 1.29 is 8.42 Å². The van der Waals surface area contributed by atoms with Crippen molar-refractivity contribution in [1.82, 2.24) is 9.62 Å². The van der Waals surface area contributed by atoms with Crippen molar-refractivity contribution in [1.29, 1.82) is 0 Å². The van der Waals surface area contributed by atoms with Crippen LogP contribution in [-0.2, 0) is 10.0 Å². The van der Waals surface area contributed by atoms with Crippen LogP contribution in [0.4, 0.5) is 0 Å². The average molecular weight is 367 g/mol. The molecule has 108 valence electrons. The van der Waals surface area contributed by atoms with Crippen LogP contribution in [0.3, 0.4) is 0 Å². The van der Waals surface area contributed by atoms with Crippen LogP contribution in [0.15, 0.2) is 20.1 Å². The van der Waals surface area contributed by atoms with Crippen molar-refractivity contribution in [3.8, 4) is 0 Å². The number of hydrogen-bond acceptors (Lipinski definition) is 4. The fourth-order valence-corrected chi connectivity index (χ4v) is 6.19. The lowest BCUT2D eigenvalue weighted by atomic mass is 10.1. The van der Waals surface area contributed by atoms with Gasteiger partial charge in [-0.1, -0.05) is 13.8 Å². The largest absolute Gasteiger partial charge is 0.311 e. The molecule has 1 aliphatic rings. The molecule has 2 unspecified atom stereocenters. The highest BCUT2D eigenvalue weighted by molar-refractivity contribution is 9.11. The molecule has 7 heteroatoms. The molecule has 4 nitrogen and oxygen atoms in total. The molecule has 1 saturated heterocycles. The third-order valence-corrected chi connectivity index (χ3v) is 7.53. The quantitative estimate of drug-likeness (QED) is 0.890. The van der Waals surface area contributed by atoms with Gasteiger partial charge in [-0.15, -0.1) is 11.3 Å². The Bertz CT molecular complexity index is 530. The summed E-state index contributed by atoms with van der Waals surface area (Å²) in [5, 5.41) is 3.42. The fraction of sp³-hybridized carbons (Fsp3) is 0.667. The van der Waals surface area contributed by atoms with Gasteiger partial charge < -0.3 is 5.32 Å². The Morgan fingerprint density at radius 3 is 2.68 bits per heavy atom.